The molecule has 0 aliphatic carbocycles. The fourth-order valence-corrected chi connectivity index (χ4v) is 2.19. The van der Waals surface area contributed by atoms with Crippen LogP contribution in [0.25, 0.3) is 0 Å². The second kappa shape index (κ2) is 5.31. The van der Waals surface area contributed by atoms with Crippen LogP contribution in [0, 0.1) is 0 Å². The van der Waals surface area contributed by atoms with Crippen LogP contribution in [0.1, 0.15) is 52.1 Å². The average Bonchev–Trinajstić information content (AvgIpc) is 2.66. The van der Waals surface area contributed by atoms with E-state index in [1.807, 2.05) is 10.7 Å². The van der Waals surface area contributed by atoms with Gasteiger partial charge >= 0.3 is 0 Å². The summed E-state index contributed by atoms with van der Waals surface area (Å²) in [7, 11) is 0. The molecule has 1 N–H and O–H groups in total. The molecule has 0 aromatic carbocycles. The lowest BCUT2D eigenvalue weighted by Crippen LogP contribution is -2.28. The van der Waals surface area contributed by atoms with Crippen molar-refractivity contribution in [3.63, 3.8) is 0 Å². The molecule has 0 atom stereocenters. The first-order valence-electron chi connectivity index (χ1n) is 5.92. The molecule has 0 radical (unpaired) electrons. The highest BCUT2D eigenvalue weighted by Gasteiger charge is 2.30. The monoisotopic (exact) mass is 210 g/mol. The molecule has 0 saturated carbocycles. The van der Waals surface area contributed by atoms with E-state index in [0.717, 1.165) is 37.9 Å². The zero-order valence-electron chi connectivity index (χ0n) is 10.0. The Labute approximate surface area is 92.1 Å². The standard InChI is InChI=1S/C12H22N2O/c1-4-8-12(15,9-5-2)11-7-10-13-14(11)6-3/h7,10,15H,4-6,8-9H2,1-3H3. The molecule has 15 heavy (non-hydrogen) atoms. The minimum Gasteiger partial charge on any atom is -0.384 e. The number of aromatic nitrogens is 2. The van der Waals surface area contributed by atoms with Gasteiger partial charge in [0.15, 0.2) is 0 Å². The topological polar surface area (TPSA) is 38.1 Å². The predicted molar refractivity (Wildman–Crippen MR) is 61.6 cm³/mol. The van der Waals surface area contributed by atoms with Crippen LogP contribution in [0.5, 0.6) is 0 Å². The molecule has 1 heterocycles. The lowest BCUT2D eigenvalue weighted by Gasteiger charge is -2.28. The van der Waals surface area contributed by atoms with Gasteiger partial charge < -0.3 is 5.11 Å². The summed E-state index contributed by atoms with van der Waals surface area (Å²) in [5.41, 5.74) is 0.282. The summed E-state index contributed by atoms with van der Waals surface area (Å²) in [6.07, 6.45) is 5.38. The van der Waals surface area contributed by atoms with Crippen LogP contribution in [0.3, 0.4) is 0 Å². The van der Waals surface area contributed by atoms with Gasteiger partial charge in [-0.3, -0.25) is 4.68 Å². The lowest BCUT2D eigenvalue weighted by molar-refractivity contribution is 0.00838. The second-order valence-electron chi connectivity index (χ2n) is 4.06. The molecule has 0 saturated heterocycles. The molecular formula is C12H22N2O. The fraction of sp³-hybridized carbons (Fsp3) is 0.750. The first kappa shape index (κ1) is 12.2. The van der Waals surface area contributed by atoms with Crippen LogP contribution in [0.15, 0.2) is 12.3 Å². The highest BCUT2D eigenvalue weighted by molar-refractivity contribution is 5.11. The number of aryl methyl sites for hydroxylation is 1. The van der Waals surface area contributed by atoms with E-state index in [-0.39, 0.29) is 0 Å². The van der Waals surface area contributed by atoms with E-state index in [1.165, 1.54) is 0 Å². The number of rotatable bonds is 6. The van der Waals surface area contributed by atoms with E-state index in [0.29, 0.717) is 0 Å². The van der Waals surface area contributed by atoms with E-state index in [4.69, 9.17) is 0 Å². The zero-order chi connectivity index (χ0) is 11.3. The van der Waals surface area contributed by atoms with Gasteiger partial charge in [-0.15, -0.1) is 0 Å². The number of hydrogen-bond acceptors (Lipinski definition) is 2. The van der Waals surface area contributed by atoms with E-state index < -0.39 is 5.60 Å². The number of aliphatic hydroxyl groups is 1. The SMILES string of the molecule is CCCC(O)(CCC)c1ccnn1CC. The summed E-state index contributed by atoms with van der Waals surface area (Å²) in [5.74, 6) is 0. The Morgan fingerprint density at radius 1 is 1.27 bits per heavy atom. The van der Waals surface area contributed by atoms with Gasteiger partial charge in [0, 0.05) is 12.7 Å². The third kappa shape index (κ3) is 2.59. The highest BCUT2D eigenvalue weighted by Crippen LogP contribution is 2.31. The molecular weight excluding hydrogens is 188 g/mol. The van der Waals surface area contributed by atoms with Crippen molar-refractivity contribution in [2.24, 2.45) is 0 Å². The maximum Gasteiger partial charge on any atom is 0.106 e. The number of hydrogen-bond donors (Lipinski definition) is 1. The summed E-state index contributed by atoms with van der Waals surface area (Å²) >= 11 is 0. The summed E-state index contributed by atoms with van der Waals surface area (Å²) in [4.78, 5) is 0. The normalized spacial score (nSPS) is 12.0. The Morgan fingerprint density at radius 2 is 1.87 bits per heavy atom. The van der Waals surface area contributed by atoms with Crippen LogP contribution < -0.4 is 0 Å². The van der Waals surface area contributed by atoms with Crippen molar-refractivity contribution in [2.45, 2.75) is 58.6 Å². The fourth-order valence-electron chi connectivity index (χ4n) is 2.19. The lowest BCUT2D eigenvalue weighted by atomic mass is 9.89. The van der Waals surface area contributed by atoms with Crippen LogP contribution in [-0.2, 0) is 12.1 Å². The summed E-state index contributed by atoms with van der Waals surface area (Å²) in [6.45, 7) is 7.08. The van der Waals surface area contributed by atoms with Gasteiger partial charge in [0.05, 0.1) is 5.69 Å². The Bertz CT molecular complexity index is 288. The van der Waals surface area contributed by atoms with Crippen molar-refractivity contribution in [3.8, 4) is 0 Å². The molecule has 1 rings (SSSR count). The molecule has 3 heteroatoms. The van der Waals surface area contributed by atoms with Crippen LogP contribution in [0.4, 0.5) is 0 Å². The Hall–Kier alpha value is -0.830. The van der Waals surface area contributed by atoms with Gasteiger partial charge in [-0.1, -0.05) is 26.7 Å². The van der Waals surface area contributed by atoms with Gasteiger partial charge in [-0.2, -0.15) is 5.10 Å². The van der Waals surface area contributed by atoms with Crippen molar-refractivity contribution in [1.82, 2.24) is 9.78 Å². The first-order valence-corrected chi connectivity index (χ1v) is 5.92. The molecule has 3 nitrogen and oxygen atoms in total. The van der Waals surface area contributed by atoms with E-state index in [2.05, 4.69) is 25.9 Å². The summed E-state index contributed by atoms with van der Waals surface area (Å²) in [6, 6.07) is 1.94. The predicted octanol–water partition coefficient (Wildman–Crippen LogP) is 2.69. The van der Waals surface area contributed by atoms with Crippen molar-refractivity contribution >= 4 is 0 Å². The zero-order valence-corrected chi connectivity index (χ0v) is 10.0. The van der Waals surface area contributed by atoms with Crippen molar-refractivity contribution in [2.75, 3.05) is 0 Å². The minimum atomic E-state index is -0.685. The molecule has 1 aromatic heterocycles. The minimum absolute atomic E-state index is 0.685. The third-order valence-electron chi connectivity index (χ3n) is 2.82. The third-order valence-corrected chi connectivity index (χ3v) is 2.82. The highest BCUT2D eigenvalue weighted by atomic mass is 16.3. The maximum atomic E-state index is 10.6. The molecule has 1 aromatic rings. The summed E-state index contributed by atoms with van der Waals surface area (Å²) in [5, 5.41) is 14.8. The quantitative estimate of drug-likeness (QED) is 0.784. The van der Waals surface area contributed by atoms with E-state index in [9.17, 15) is 5.11 Å². The van der Waals surface area contributed by atoms with E-state index >= 15 is 0 Å². The van der Waals surface area contributed by atoms with Crippen LogP contribution in [0.2, 0.25) is 0 Å². The van der Waals surface area contributed by atoms with Crippen molar-refractivity contribution in [3.05, 3.63) is 18.0 Å². The Kier molecular flexibility index (Phi) is 4.33. The average molecular weight is 210 g/mol. The first-order chi connectivity index (χ1) is 7.18. The molecule has 0 aliphatic rings. The summed E-state index contributed by atoms with van der Waals surface area (Å²) < 4.78 is 1.89. The van der Waals surface area contributed by atoms with Gasteiger partial charge in [0.1, 0.15) is 5.60 Å². The molecule has 0 aliphatic heterocycles. The largest absolute Gasteiger partial charge is 0.384 e. The van der Waals surface area contributed by atoms with Crippen LogP contribution >= 0.6 is 0 Å². The number of nitrogens with zero attached hydrogens (tertiary/aromatic N) is 2. The second-order valence-corrected chi connectivity index (χ2v) is 4.06. The molecule has 0 bridgehead atoms. The van der Waals surface area contributed by atoms with Gasteiger partial charge in [-0.05, 0) is 25.8 Å². The molecule has 0 fully saturated rings. The van der Waals surface area contributed by atoms with Gasteiger partial charge in [0.2, 0.25) is 0 Å². The molecule has 0 amide bonds. The van der Waals surface area contributed by atoms with Gasteiger partial charge in [0.25, 0.3) is 0 Å². The maximum absolute atomic E-state index is 10.6. The molecule has 0 unspecified atom stereocenters. The Morgan fingerprint density at radius 3 is 2.33 bits per heavy atom. The van der Waals surface area contributed by atoms with Crippen molar-refractivity contribution < 1.29 is 5.11 Å². The molecule has 0 spiro atoms. The Balaban J connectivity index is 2.97. The molecule has 86 valence electrons. The smallest absolute Gasteiger partial charge is 0.106 e. The van der Waals surface area contributed by atoms with Crippen LogP contribution in [-0.4, -0.2) is 14.9 Å². The van der Waals surface area contributed by atoms with Gasteiger partial charge in [-0.25, -0.2) is 0 Å². The van der Waals surface area contributed by atoms with Crippen molar-refractivity contribution in [1.29, 1.82) is 0 Å². The van der Waals surface area contributed by atoms with E-state index in [1.54, 1.807) is 6.20 Å².